The molecule has 0 aromatic carbocycles. The smallest absolute Gasteiger partial charge is 0.326 e. The number of nitrogens with one attached hydrogen (secondary N) is 1. The van der Waals surface area contributed by atoms with Crippen LogP contribution in [0.1, 0.15) is 30.8 Å². The van der Waals surface area contributed by atoms with Crippen LogP contribution in [0.15, 0.2) is 6.20 Å². The number of rotatable bonds is 7. The van der Waals surface area contributed by atoms with Gasteiger partial charge in [-0.05, 0) is 5.92 Å². The number of carbonyl (C=O) groups excluding carboxylic acids is 1. The molecule has 106 valence electrons. The first-order valence-corrected chi connectivity index (χ1v) is 6.13. The third-order valence-electron chi connectivity index (χ3n) is 2.90. The molecule has 1 unspecified atom stereocenters. The lowest BCUT2D eigenvalue weighted by Gasteiger charge is -2.19. The van der Waals surface area contributed by atoms with Crippen molar-refractivity contribution < 1.29 is 14.7 Å². The first-order valence-electron chi connectivity index (χ1n) is 6.13. The van der Waals surface area contributed by atoms with Gasteiger partial charge in [0, 0.05) is 6.54 Å². The fraction of sp³-hybridized carbons (Fsp3) is 0.636. The Kier molecular flexibility index (Phi) is 5.43. The number of hydrogen-bond acceptors (Lipinski definition) is 5. The van der Waals surface area contributed by atoms with Crippen LogP contribution in [0.3, 0.4) is 0 Å². The van der Waals surface area contributed by atoms with E-state index in [1.807, 2.05) is 6.92 Å². The summed E-state index contributed by atoms with van der Waals surface area (Å²) in [5.74, 6) is -1.77. The van der Waals surface area contributed by atoms with Crippen molar-refractivity contribution in [3.05, 3.63) is 11.9 Å². The van der Waals surface area contributed by atoms with E-state index in [1.165, 1.54) is 10.9 Å². The molecule has 8 heteroatoms. The maximum atomic E-state index is 11.9. The zero-order valence-electron chi connectivity index (χ0n) is 11.0. The van der Waals surface area contributed by atoms with Gasteiger partial charge in [-0.15, -0.1) is 5.10 Å². The van der Waals surface area contributed by atoms with Gasteiger partial charge >= 0.3 is 5.97 Å². The molecule has 1 amide bonds. The van der Waals surface area contributed by atoms with Gasteiger partial charge in [0.15, 0.2) is 5.69 Å². The predicted molar refractivity (Wildman–Crippen MR) is 67.4 cm³/mol. The summed E-state index contributed by atoms with van der Waals surface area (Å²) in [6, 6.07) is -0.933. The van der Waals surface area contributed by atoms with Gasteiger partial charge < -0.3 is 16.2 Å². The van der Waals surface area contributed by atoms with E-state index in [1.54, 1.807) is 6.92 Å². The zero-order chi connectivity index (χ0) is 14.4. The van der Waals surface area contributed by atoms with E-state index in [4.69, 9.17) is 10.8 Å². The highest BCUT2D eigenvalue weighted by atomic mass is 16.4. The lowest BCUT2D eigenvalue weighted by molar-refractivity contribution is -0.140. The van der Waals surface area contributed by atoms with Crippen molar-refractivity contribution in [2.24, 2.45) is 11.7 Å². The molecule has 0 radical (unpaired) electrons. The molecule has 2 atom stereocenters. The molecule has 0 spiro atoms. The van der Waals surface area contributed by atoms with Gasteiger partial charge in [-0.3, -0.25) is 9.48 Å². The van der Waals surface area contributed by atoms with Gasteiger partial charge in [0.25, 0.3) is 5.91 Å². The van der Waals surface area contributed by atoms with Crippen LogP contribution in [-0.2, 0) is 11.3 Å². The highest BCUT2D eigenvalue weighted by Crippen LogP contribution is 2.08. The molecule has 1 rings (SSSR count). The molecule has 0 fully saturated rings. The molecule has 0 saturated carbocycles. The molecule has 1 aromatic rings. The summed E-state index contributed by atoms with van der Waals surface area (Å²) in [6.45, 7) is 4.47. The number of amides is 1. The maximum absolute atomic E-state index is 11.9. The average Bonchev–Trinajstić information content (AvgIpc) is 2.83. The number of aliphatic carboxylic acids is 1. The summed E-state index contributed by atoms with van der Waals surface area (Å²) in [5.41, 5.74) is 5.44. The Morgan fingerprint density at radius 3 is 2.79 bits per heavy atom. The number of nitrogens with zero attached hydrogens (tertiary/aromatic N) is 3. The van der Waals surface area contributed by atoms with E-state index in [0.717, 1.165) is 0 Å². The Morgan fingerprint density at radius 2 is 2.26 bits per heavy atom. The van der Waals surface area contributed by atoms with Crippen LogP contribution in [0.25, 0.3) is 0 Å². The van der Waals surface area contributed by atoms with Gasteiger partial charge in [-0.25, -0.2) is 4.79 Å². The number of aromatic nitrogens is 3. The fourth-order valence-electron chi connectivity index (χ4n) is 1.54. The normalized spacial score (nSPS) is 13.8. The van der Waals surface area contributed by atoms with Crippen molar-refractivity contribution in [1.82, 2.24) is 20.3 Å². The summed E-state index contributed by atoms with van der Waals surface area (Å²) in [4.78, 5) is 23.0. The van der Waals surface area contributed by atoms with E-state index in [9.17, 15) is 9.59 Å². The van der Waals surface area contributed by atoms with Gasteiger partial charge in [0.05, 0.1) is 12.7 Å². The number of hydrogen-bond donors (Lipinski definition) is 3. The Bertz CT molecular complexity index is 445. The van der Waals surface area contributed by atoms with E-state index < -0.39 is 17.9 Å². The molecule has 0 saturated heterocycles. The molecular formula is C11H19N5O3. The molecule has 0 aliphatic rings. The average molecular weight is 269 g/mol. The van der Waals surface area contributed by atoms with Gasteiger partial charge in [-0.2, -0.15) is 0 Å². The van der Waals surface area contributed by atoms with E-state index in [-0.39, 0.29) is 11.6 Å². The molecule has 4 N–H and O–H groups in total. The van der Waals surface area contributed by atoms with Crippen LogP contribution in [0, 0.1) is 5.92 Å². The third-order valence-corrected chi connectivity index (χ3v) is 2.90. The first kappa shape index (κ1) is 15.1. The Balaban J connectivity index is 2.73. The van der Waals surface area contributed by atoms with Crippen molar-refractivity contribution in [3.63, 3.8) is 0 Å². The highest BCUT2D eigenvalue weighted by molar-refractivity contribution is 5.94. The van der Waals surface area contributed by atoms with Crippen molar-refractivity contribution >= 4 is 11.9 Å². The minimum Gasteiger partial charge on any atom is -0.480 e. The second-order valence-electron chi connectivity index (χ2n) is 4.33. The zero-order valence-corrected chi connectivity index (χ0v) is 11.0. The third kappa shape index (κ3) is 4.02. The van der Waals surface area contributed by atoms with E-state index in [2.05, 4.69) is 15.6 Å². The summed E-state index contributed by atoms with van der Waals surface area (Å²) in [5, 5.41) is 18.9. The van der Waals surface area contributed by atoms with Crippen LogP contribution >= 0.6 is 0 Å². The summed E-state index contributed by atoms with van der Waals surface area (Å²) >= 11 is 0. The SMILES string of the molecule is CCC(C)[C@H](NC(=O)c1cn(CCN)nn1)C(=O)O. The van der Waals surface area contributed by atoms with Gasteiger partial charge in [0.2, 0.25) is 0 Å². The minimum atomic E-state index is -1.06. The summed E-state index contributed by atoms with van der Waals surface area (Å²) in [7, 11) is 0. The van der Waals surface area contributed by atoms with Crippen molar-refractivity contribution in [3.8, 4) is 0 Å². The number of carboxylic acid groups (broad SMARTS) is 1. The first-order chi connectivity index (χ1) is 8.99. The van der Waals surface area contributed by atoms with Crippen molar-refractivity contribution in [1.29, 1.82) is 0 Å². The summed E-state index contributed by atoms with van der Waals surface area (Å²) in [6.07, 6.45) is 2.09. The van der Waals surface area contributed by atoms with Crippen molar-refractivity contribution in [2.75, 3.05) is 6.54 Å². The quantitative estimate of drug-likeness (QED) is 0.611. The lowest BCUT2D eigenvalue weighted by Crippen LogP contribution is -2.45. The van der Waals surface area contributed by atoms with Crippen molar-refractivity contribution in [2.45, 2.75) is 32.9 Å². The molecule has 0 aliphatic heterocycles. The molecule has 0 aliphatic carbocycles. The van der Waals surface area contributed by atoms with E-state index in [0.29, 0.717) is 19.5 Å². The Morgan fingerprint density at radius 1 is 1.58 bits per heavy atom. The summed E-state index contributed by atoms with van der Waals surface area (Å²) < 4.78 is 1.44. The molecule has 1 aromatic heterocycles. The van der Waals surface area contributed by atoms with Gasteiger partial charge in [0.1, 0.15) is 6.04 Å². The van der Waals surface area contributed by atoms with Crippen LogP contribution in [0.5, 0.6) is 0 Å². The minimum absolute atomic E-state index is 0.0861. The Hall–Kier alpha value is -1.96. The second kappa shape index (κ2) is 6.83. The predicted octanol–water partition coefficient (Wildman–Crippen LogP) is -0.534. The van der Waals surface area contributed by atoms with Crippen LogP contribution in [0.2, 0.25) is 0 Å². The maximum Gasteiger partial charge on any atom is 0.326 e. The number of nitrogens with two attached hydrogens (primary N) is 1. The molecule has 19 heavy (non-hydrogen) atoms. The lowest BCUT2D eigenvalue weighted by atomic mass is 9.99. The van der Waals surface area contributed by atoms with Crippen LogP contribution in [-0.4, -0.2) is 44.6 Å². The number of carboxylic acids is 1. The molecule has 8 nitrogen and oxygen atoms in total. The topological polar surface area (TPSA) is 123 Å². The Labute approximate surface area is 111 Å². The monoisotopic (exact) mass is 269 g/mol. The largest absolute Gasteiger partial charge is 0.480 e. The highest BCUT2D eigenvalue weighted by Gasteiger charge is 2.26. The van der Waals surface area contributed by atoms with Crippen LogP contribution < -0.4 is 11.1 Å². The number of carbonyl (C=O) groups is 2. The molecule has 1 heterocycles. The second-order valence-corrected chi connectivity index (χ2v) is 4.33. The fourth-order valence-corrected chi connectivity index (χ4v) is 1.54. The van der Waals surface area contributed by atoms with Crippen LogP contribution in [0.4, 0.5) is 0 Å². The van der Waals surface area contributed by atoms with Gasteiger partial charge in [-0.1, -0.05) is 25.5 Å². The van der Waals surface area contributed by atoms with E-state index >= 15 is 0 Å². The molecule has 0 bridgehead atoms. The standard InChI is InChI=1S/C11H19N5O3/c1-3-7(2)9(11(18)19)13-10(17)8-6-16(5-4-12)15-14-8/h6-7,9H,3-5,12H2,1-2H3,(H,13,17)(H,18,19)/t7?,9-/m0/s1. The molecular weight excluding hydrogens is 250 g/mol.